The van der Waals surface area contributed by atoms with Gasteiger partial charge in [-0.3, -0.25) is 4.98 Å². The van der Waals surface area contributed by atoms with Crippen molar-refractivity contribution in [1.82, 2.24) is 19.9 Å². The number of nitrogens with one attached hydrogen (secondary N) is 1. The summed E-state index contributed by atoms with van der Waals surface area (Å²) >= 11 is 8.74. The SMILES string of the molecule is S=c1[nH]nc(-c2ccccc2Br)n1N=Cc1cccnc1. The normalized spacial score (nSPS) is 11.1. The highest BCUT2D eigenvalue weighted by Crippen LogP contribution is 2.26. The highest BCUT2D eigenvalue weighted by atomic mass is 79.9. The van der Waals surface area contributed by atoms with Crippen LogP contribution >= 0.6 is 28.1 Å². The van der Waals surface area contributed by atoms with Crippen LogP contribution in [0.1, 0.15) is 5.56 Å². The van der Waals surface area contributed by atoms with Gasteiger partial charge < -0.3 is 0 Å². The molecule has 1 aromatic carbocycles. The van der Waals surface area contributed by atoms with E-state index in [1.165, 1.54) is 0 Å². The molecule has 0 atom stereocenters. The Hall–Kier alpha value is -2.12. The van der Waals surface area contributed by atoms with E-state index < -0.39 is 0 Å². The van der Waals surface area contributed by atoms with Crippen LogP contribution < -0.4 is 0 Å². The summed E-state index contributed by atoms with van der Waals surface area (Å²) < 4.78 is 2.94. The van der Waals surface area contributed by atoms with Crippen molar-refractivity contribution in [1.29, 1.82) is 0 Å². The molecule has 0 saturated heterocycles. The van der Waals surface area contributed by atoms with E-state index in [2.05, 4.69) is 36.2 Å². The van der Waals surface area contributed by atoms with Crippen LogP contribution in [0.25, 0.3) is 11.4 Å². The average Bonchev–Trinajstić information content (AvgIpc) is 2.88. The number of aromatic amines is 1. The Bertz CT molecular complexity index is 838. The zero-order chi connectivity index (χ0) is 14.7. The molecular weight excluding hydrogens is 350 g/mol. The fraction of sp³-hybridized carbons (Fsp3) is 0. The minimum Gasteiger partial charge on any atom is -0.264 e. The van der Waals surface area contributed by atoms with Gasteiger partial charge in [0.05, 0.1) is 6.21 Å². The number of H-pyrrole nitrogens is 1. The van der Waals surface area contributed by atoms with Gasteiger partial charge in [0, 0.05) is 28.0 Å². The number of aromatic nitrogens is 4. The maximum absolute atomic E-state index is 5.23. The first kappa shape index (κ1) is 13.8. The molecule has 0 spiro atoms. The van der Waals surface area contributed by atoms with Crippen molar-refractivity contribution >= 4 is 34.4 Å². The van der Waals surface area contributed by atoms with Crippen LogP contribution in [0.4, 0.5) is 0 Å². The second kappa shape index (κ2) is 6.11. The number of hydrogen-bond donors (Lipinski definition) is 1. The maximum Gasteiger partial charge on any atom is 0.216 e. The molecular formula is C14H10BrN5S. The lowest BCUT2D eigenvalue weighted by Crippen LogP contribution is -1.95. The topological polar surface area (TPSA) is 58.9 Å². The van der Waals surface area contributed by atoms with Gasteiger partial charge in [0.25, 0.3) is 0 Å². The van der Waals surface area contributed by atoms with Crippen molar-refractivity contribution in [3.05, 3.63) is 63.6 Å². The summed E-state index contributed by atoms with van der Waals surface area (Å²) in [7, 11) is 0. The molecule has 0 aliphatic carbocycles. The van der Waals surface area contributed by atoms with Crippen LogP contribution in [0.3, 0.4) is 0 Å². The van der Waals surface area contributed by atoms with Gasteiger partial charge >= 0.3 is 0 Å². The summed E-state index contributed by atoms with van der Waals surface area (Å²) in [4.78, 5) is 4.04. The summed E-state index contributed by atoms with van der Waals surface area (Å²) in [5, 5.41) is 11.4. The summed E-state index contributed by atoms with van der Waals surface area (Å²) in [5.41, 5.74) is 1.80. The molecule has 1 N–H and O–H groups in total. The molecule has 0 bridgehead atoms. The highest BCUT2D eigenvalue weighted by Gasteiger charge is 2.10. The highest BCUT2D eigenvalue weighted by molar-refractivity contribution is 9.10. The van der Waals surface area contributed by atoms with Crippen LogP contribution in [0, 0.1) is 4.77 Å². The lowest BCUT2D eigenvalue weighted by atomic mass is 10.2. The van der Waals surface area contributed by atoms with E-state index in [1.807, 2.05) is 36.4 Å². The third-order valence-electron chi connectivity index (χ3n) is 2.77. The molecule has 104 valence electrons. The Kier molecular flexibility index (Phi) is 4.03. The third-order valence-corrected chi connectivity index (χ3v) is 3.73. The summed E-state index contributed by atoms with van der Waals surface area (Å²) in [6.07, 6.45) is 5.14. The Balaban J connectivity index is 2.05. The van der Waals surface area contributed by atoms with Gasteiger partial charge in [0.1, 0.15) is 0 Å². The number of rotatable bonds is 3. The second-order valence-electron chi connectivity index (χ2n) is 4.17. The number of hydrogen-bond acceptors (Lipinski definition) is 4. The van der Waals surface area contributed by atoms with Crippen molar-refractivity contribution in [2.75, 3.05) is 0 Å². The van der Waals surface area contributed by atoms with Crippen molar-refractivity contribution in [3.63, 3.8) is 0 Å². The average molecular weight is 360 g/mol. The van der Waals surface area contributed by atoms with Crippen molar-refractivity contribution in [2.45, 2.75) is 0 Å². The standard InChI is InChI=1S/C14H10BrN5S/c15-12-6-2-1-5-11(12)13-18-19-14(21)20(13)17-9-10-4-3-7-16-8-10/h1-9H,(H,19,21). The van der Waals surface area contributed by atoms with Gasteiger partial charge in [0.2, 0.25) is 4.77 Å². The Morgan fingerprint density at radius 2 is 2.10 bits per heavy atom. The summed E-state index contributed by atoms with van der Waals surface area (Å²) in [5.74, 6) is 0.646. The smallest absolute Gasteiger partial charge is 0.216 e. The molecule has 0 fully saturated rings. The molecule has 2 aromatic heterocycles. The van der Waals surface area contributed by atoms with Crippen molar-refractivity contribution in [3.8, 4) is 11.4 Å². The zero-order valence-electron chi connectivity index (χ0n) is 10.8. The minimum absolute atomic E-state index is 0.431. The monoisotopic (exact) mass is 359 g/mol. The summed E-state index contributed by atoms with van der Waals surface area (Å²) in [6.45, 7) is 0. The number of benzene rings is 1. The van der Waals surface area contributed by atoms with Crippen LogP contribution in [0.2, 0.25) is 0 Å². The van der Waals surface area contributed by atoms with Gasteiger partial charge in [0.15, 0.2) is 5.82 Å². The molecule has 0 radical (unpaired) electrons. The molecule has 0 unspecified atom stereocenters. The molecule has 0 amide bonds. The fourth-order valence-electron chi connectivity index (χ4n) is 1.79. The van der Waals surface area contributed by atoms with Crippen LogP contribution in [-0.2, 0) is 0 Å². The zero-order valence-corrected chi connectivity index (χ0v) is 13.2. The first-order valence-electron chi connectivity index (χ1n) is 6.12. The van der Waals surface area contributed by atoms with E-state index >= 15 is 0 Å². The number of halogens is 1. The van der Waals surface area contributed by atoms with E-state index in [1.54, 1.807) is 23.3 Å². The predicted molar refractivity (Wildman–Crippen MR) is 87.8 cm³/mol. The lowest BCUT2D eigenvalue weighted by Gasteiger charge is -2.03. The quantitative estimate of drug-likeness (QED) is 0.573. The largest absolute Gasteiger partial charge is 0.264 e. The molecule has 0 saturated carbocycles. The predicted octanol–water partition coefficient (Wildman–Crippen LogP) is 3.65. The first-order chi connectivity index (χ1) is 10.3. The molecule has 21 heavy (non-hydrogen) atoms. The van der Waals surface area contributed by atoms with E-state index in [9.17, 15) is 0 Å². The molecule has 3 rings (SSSR count). The van der Waals surface area contributed by atoms with Crippen LogP contribution in [0.15, 0.2) is 58.4 Å². The number of nitrogens with zero attached hydrogens (tertiary/aromatic N) is 4. The van der Waals surface area contributed by atoms with Gasteiger partial charge in [-0.25, -0.2) is 5.10 Å². The van der Waals surface area contributed by atoms with E-state index in [0.29, 0.717) is 10.6 Å². The first-order valence-corrected chi connectivity index (χ1v) is 7.32. The van der Waals surface area contributed by atoms with E-state index in [0.717, 1.165) is 15.6 Å². The maximum atomic E-state index is 5.23. The van der Waals surface area contributed by atoms with E-state index in [-0.39, 0.29) is 0 Å². The molecule has 0 aliphatic heterocycles. The molecule has 7 heteroatoms. The Morgan fingerprint density at radius 1 is 1.24 bits per heavy atom. The molecule has 2 heterocycles. The lowest BCUT2D eigenvalue weighted by molar-refractivity contribution is 0.871. The van der Waals surface area contributed by atoms with Crippen LogP contribution in [-0.4, -0.2) is 26.1 Å². The van der Waals surface area contributed by atoms with Gasteiger partial charge in [-0.2, -0.15) is 14.9 Å². The number of pyridine rings is 1. The summed E-state index contributed by atoms with van der Waals surface area (Å²) in [6, 6.07) is 11.5. The van der Waals surface area contributed by atoms with Gasteiger partial charge in [-0.1, -0.05) is 34.1 Å². The van der Waals surface area contributed by atoms with Gasteiger partial charge in [-0.15, -0.1) is 0 Å². The Morgan fingerprint density at radius 3 is 2.86 bits per heavy atom. The van der Waals surface area contributed by atoms with Crippen LogP contribution in [0.5, 0.6) is 0 Å². The molecule has 3 aromatic rings. The molecule has 0 aliphatic rings. The molecule has 5 nitrogen and oxygen atoms in total. The van der Waals surface area contributed by atoms with E-state index in [4.69, 9.17) is 12.2 Å². The van der Waals surface area contributed by atoms with Crippen molar-refractivity contribution < 1.29 is 0 Å². The minimum atomic E-state index is 0.431. The van der Waals surface area contributed by atoms with Gasteiger partial charge in [-0.05, 0) is 30.4 Å². The fourth-order valence-corrected chi connectivity index (χ4v) is 2.43. The van der Waals surface area contributed by atoms with Crippen molar-refractivity contribution in [2.24, 2.45) is 5.10 Å². The Labute approximate surface area is 134 Å². The third kappa shape index (κ3) is 2.98. The second-order valence-corrected chi connectivity index (χ2v) is 5.42.